The van der Waals surface area contributed by atoms with Gasteiger partial charge >= 0.3 is 0 Å². The smallest absolute Gasteiger partial charge is 0.246 e. The van der Waals surface area contributed by atoms with Crippen molar-refractivity contribution in [3.63, 3.8) is 0 Å². The van der Waals surface area contributed by atoms with Crippen LogP contribution >= 0.6 is 0 Å². The molecule has 4 heterocycles. The third kappa shape index (κ3) is 2.97. The van der Waals surface area contributed by atoms with Crippen LogP contribution in [0.25, 0.3) is 71.8 Å². The van der Waals surface area contributed by atoms with E-state index in [2.05, 4.69) is 165 Å². The highest BCUT2D eigenvalue weighted by atomic mass is 15.2. The summed E-state index contributed by atoms with van der Waals surface area (Å²) in [4.78, 5) is 5.34. The van der Waals surface area contributed by atoms with Crippen LogP contribution in [0.2, 0.25) is 0 Å². The molecule has 0 bridgehead atoms. The molecule has 7 aromatic carbocycles. The molecule has 0 radical (unpaired) electrons. The zero-order valence-corrected chi connectivity index (χ0v) is 24.8. The maximum Gasteiger partial charge on any atom is 0.246 e. The molecule has 0 N–H and O–H groups in total. The molecule has 0 saturated heterocycles. The van der Waals surface area contributed by atoms with Gasteiger partial charge in [0.25, 0.3) is 0 Å². The number of nitrogens with zero attached hydrogens (tertiary/aromatic N) is 4. The number of benzene rings is 7. The summed E-state index contributed by atoms with van der Waals surface area (Å²) in [5.74, 6) is 0.938. The van der Waals surface area contributed by atoms with E-state index in [0.29, 0.717) is 0 Å². The third-order valence-corrected chi connectivity index (χ3v) is 10.1. The first kappa shape index (κ1) is 24.3. The zero-order valence-electron chi connectivity index (χ0n) is 24.8. The number of aromatic nitrogens is 4. The summed E-state index contributed by atoms with van der Waals surface area (Å²) in [6.45, 7) is 0.104. The fourth-order valence-electron chi connectivity index (χ4n) is 8.28. The molecule has 0 aliphatic carbocycles. The second kappa shape index (κ2) is 8.77. The molecule has 1 aliphatic rings. The molecule has 11 rings (SSSR count). The normalized spacial score (nSPS) is 12.7. The standard InChI is InChI=1S/C41H25BN4/c1-3-13-26(14-4-1)42-31-18-8-11-21-35(31)46-40-32(42)24-23-29-38(40)37(45-36-22-12-9-19-33(36)43-41(45)46)25-30-28-17-7-10-20-34(28)44(39(29)30)27-15-5-2-6-16-27/h1-25H. The number of hydrogen-bond acceptors (Lipinski definition) is 1. The van der Waals surface area contributed by atoms with Crippen LogP contribution in [0.15, 0.2) is 152 Å². The molecule has 5 heteroatoms. The lowest BCUT2D eigenvalue weighted by molar-refractivity contribution is 1.07. The van der Waals surface area contributed by atoms with E-state index in [9.17, 15) is 0 Å². The van der Waals surface area contributed by atoms with Crippen LogP contribution < -0.4 is 16.4 Å². The number of para-hydroxylation sites is 5. The number of hydrogen-bond donors (Lipinski definition) is 0. The van der Waals surface area contributed by atoms with E-state index in [-0.39, 0.29) is 6.71 Å². The second-order valence-corrected chi connectivity index (χ2v) is 12.4. The Morgan fingerprint density at radius 1 is 0.478 bits per heavy atom. The fraction of sp³-hybridized carbons (Fsp3) is 0. The highest BCUT2D eigenvalue weighted by Gasteiger charge is 2.34. The molecular formula is C41H25BN4. The summed E-state index contributed by atoms with van der Waals surface area (Å²) in [7, 11) is 0. The predicted molar refractivity (Wildman–Crippen MR) is 192 cm³/mol. The van der Waals surface area contributed by atoms with Crippen molar-refractivity contribution in [1.82, 2.24) is 18.5 Å². The largest absolute Gasteiger partial charge is 0.309 e. The van der Waals surface area contributed by atoms with Gasteiger partial charge in [0, 0.05) is 32.9 Å². The van der Waals surface area contributed by atoms with Crippen molar-refractivity contribution in [2.75, 3.05) is 0 Å². The molecule has 0 saturated carbocycles. The van der Waals surface area contributed by atoms with Gasteiger partial charge in [0.1, 0.15) is 0 Å². The Morgan fingerprint density at radius 2 is 1.20 bits per heavy atom. The van der Waals surface area contributed by atoms with Crippen molar-refractivity contribution < 1.29 is 0 Å². The molecule has 3 aromatic heterocycles. The van der Waals surface area contributed by atoms with Gasteiger partial charge in [-0.05, 0) is 53.4 Å². The summed E-state index contributed by atoms with van der Waals surface area (Å²) < 4.78 is 7.27. The van der Waals surface area contributed by atoms with Crippen LogP contribution in [0.3, 0.4) is 0 Å². The minimum atomic E-state index is 0.104. The average molecular weight is 584 g/mol. The lowest BCUT2D eigenvalue weighted by Crippen LogP contribution is -2.56. The van der Waals surface area contributed by atoms with E-state index < -0.39 is 0 Å². The topological polar surface area (TPSA) is 27.2 Å². The molecule has 4 nitrogen and oxygen atoms in total. The zero-order chi connectivity index (χ0) is 29.9. The van der Waals surface area contributed by atoms with Crippen molar-refractivity contribution in [2.24, 2.45) is 0 Å². The molecule has 212 valence electrons. The van der Waals surface area contributed by atoms with Gasteiger partial charge in [0.05, 0.1) is 33.1 Å². The minimum absolute atomic E-state index is 0.104. The van der Waals surface area contributed by atoms with Crippen molar-refractivity contribution >= 4 is 83.5 Å². The first-order chi connectivity index (χ1) is 22.9. The maximum absolute atomic E-state index is 5.34. The van der Waals surface area contributed by atoms with Gasteiger partial charge in [-0.2, -0.15) is 0 Å². The molecular weight excluding hydrogens is 559 g/mol. The Labute approximate surface area is 264 Å². The SMILES string of the molecule is c1ccc(B2c3ccccc3-n3c4c2ccc2c4c(cc4c5ccccc5n(-c5ccccc5)c42)n2c4ccccc4nc32)cc1. The summed E-state index contributed by atoms with van der Waals surface area (Å²) in [5, 5.41) is 5.00. The van der Waals surface area contributed by atoms with E-state index in [1.807, 2.05) is 0 Å². The van der Waals surface area contributed by atoms with Crippen LogP contribution in [0, 0.1) is 0 Å². The Hall–Kier alpha value is -6.07. The van der Waals surface area contributed by atoms with Gasteiger partial charge < -0.3 is 4.57 Å². The Bertz CT molecular complexity index is 2860. The third-order valence-electron chi connectivity index (χ3n) is 10.1. The average Bonchev–Trinajstić information content (AvgIpc) is 3.67. The summed E-state index contributed by atoms with van der Waals surface area (Å²) in [6.07, 6.45) is 0. The van der Waals surface area contributed by atoms with Crippen molar-refractivity contribution in [2.45, 2.75) is 0 Å². The van der Waals surface area contributed by atoms with E-state index in [1.54, 1.807) is 0 Å². The lowest BCUT2D eigenvalue weighted by Gasteiger charge is -2.30. The van der Waals surface area contributed by atoms with Gasteiger partial charge in [-0.15, -0.1) is 0 Å². The quantitative estimate of drug-likeness (QED) is 0.193. The second-order valence-electron chi connectivity index (χ2n) is 12.4. The fourth-order valence-corrected chi connectivity index (χ4v) is 8.28. The van der Waals surface area contributed by atoms with Crippen LogP contribution in [0.5, 0.6) is 0 Å². The maximum atomic E-state index is 5.34. The molecule has 0 unspecified atom stereocenters. The van der Waals surface area contributed by atoms with Gasteiger partial charge in [-0.25, -0.2) is 4.98 Å². The Balaban J connectivity index is 1.45. The first-order valence-electron chi connectivity index (χ1n) is 15.9. The first-order valence-corrected chi connectivity index (χ1v) is 15.9. The monoisotopic (exact) mass is 584 g/mol. The summed E-state index contributed by atoms with van der Waals surface area (Å²) >= 11 is 0. The summed E-state index contributed by atoms with van der Waals surface area (Å²) in [6, 6.07) is 55.1. The molecule has 0 amide bonds. The molecule has 0 spiro atoms. The van der Waals surface area contributed by atoms with Crippen LogP contribution in [-0.4, -0.2) is 25.2 Å². The van der Waals surface area contributed by atoms with Crippen molar-refractivity contribution in [3.8, 4) is 11.4 Å². The van der Waals surface area contributed by atoms with Crippen LogP contribution in [-0.2, 0) is 0 Å². The van der Waals surface area contributed by atoms with Crippen molar-refractivity contribution in [3.05, 3.63) is 152 Å². The molecule has 10 aromatic rings. The predicted octanol–water partition coefficient (Wildman–Crippen LogP) is 7.51. The molecule has 0 fully saturated rings. The molecule has 1 aliphatic heterocycles. The lowest BCUT2D eigenvalue weighted by atomic mass is 9.35. The van der Waals surface area contributed by atoms with E-state index >= 15 is 0 Å². The summed E-state index contributed by atoms with van der Waals surface area (Å²) in [5.41, 5.74) is 13.2. The number of fused-ring (bicyclic) bond motifs is 11. The molecule has 46 heavy (non-hydrogen) atoms. The van der Waals surface area contributed by atoms with E-state index in [4.69, 9.17) is 4.98 Å². The minimum Gasteiger partial charge on any atom is -0.309 e. The van der Waals surface area contributed by atoms with Crippen LogP contribution in [0.4, 0.5) is 0 Å². The van der Waals surface area contributed by atoms with Gasteiger partial charge in [0.15, 0.2) is 0 Å². The highest BCUT2D eigenvalue weighted by Crippen LogP contribution is 2.42. The number of rotatable bonds is 2. The Morgan fingerprint density at radius 3 is 2.07 bits per heavy atom. The van der Waals surface area contributed by atoms with Gasteiger partial charge in [-0.1, -0.05) is 115 Å². The van der Waals surface area contributed by atoms with Gasteiger partial charge in [-0.3, -0.25) is 8.97 Å². The van der Waals surface area contributed by atoms with Crippen molar-refractivity contribution in [1.29, 1.82) is 0 Å². The number of imidazole rings is 1. The van der Waals surface area contributed by atoms with Crippen LogP contribution in [0.1, 0.15) is 0 Å². The van der Waals surface area contributed by atoms with E-state index in [1.165, 1.54) is 65.7 Å². The molecule has 0 atom stereocenters. The van der Waals surface area contributed by atoms with Gasteiger partial charge in [0.2, 0.25) is 12.5 Å². The highest BCUT2D eigenvalue weighted by molar-refractivity contribution is 6.98. The Kier molecular flexibility index (Phi) is 4.63. The van der Waals surface area contributed by atoms with E-state index in [0.717, 1.165) is 22.5 Å².